The van der Waals surface area contributed by atoms with Crippen LogP contribution in [-0.4, -0.2) is 38.4 Å². The van der Waals surface area contributed by atoms with Gasteiger partial charge in [0.1, 0.15) is 10.7 Å². The predicted molar refractivity (Wildman–Crippen MR) is 72.9 cm³/mol. The minimum atomic E-state index is -0.257. The molecule has 0 spiro atoms. The smallest absolute Gasteiger partial charge is 0.271 e. The van der Waals surface area contributed by atoms with E-state index in [9.17, 15) is 4.79 Å². The lowest BCUT2D eigenvalue weighted by molar-refractivity contribution is 0.0910. The number of aromatic nitrogens is 3. The van der Waals surface area contributed by atoms with Gasteiger partial charge in [-0.1, -0.05) is 6.92 Å². The van der Waals surface area contributed by atoms with Crippen molar-refractivity contribution in [3.8, 4) is 10.6 Å². The molecule has 1 atom stereocenters. The normalized spacial score (nSPS) is 12.4. The molecular formula is C12H16N4O2S. The molecule has 19 heavy (non-hydrogen) atoms. The lowest BCUT2D eigenvalue weighted by Gasteiger charge is -2.12. The molecule has 1 unspecified atom stereocenters. The fourth-order valence-electron chi connectivity index (χ4n) is 1.58. The number of nitrogens with zero attached hydrogens (tertiary/aromatic N) is 3. The molecule has 2 N–H and O–H groups in total. The molecule has 2 rings (SSSR count). The summed E-state index contributed by atoms with van der Waals surface area (Å²) in [6.07, 6.45) is 4.24. The van der Waals surface area contributed by atoms with E-state index in [0.29, 0.717) is 12.1 Å². The van der Waals surface area contributed by atoms with Crippen molar-refractivity contribution in [3.05, 3.63) is 23.5 Å². The van der Waals surface area contributed by atoms with Crippen LogP contribution in [0.15, 0.2) is 17.8 Å². The number of aryl methyl sites for hydroxylation is 1. The van der Waals surface area contributed by atoms with Crippen LogP contribution in [0.2, 0.25) is 0 Å². The Morgan fingerprint density at radius 3 is 3.00 bits per heavy atom. The number of carbonyl (C=O) groups is 1. The topological polar surface area (TPSA) is 80.0 Å². The van der Waals surface area contributed by atoms with E-state index in [0.717, 1.165) is 10.6 Å². The second-order valence-corrected chi connectivity index (χ2v) is 5.06. The summed E-state index contributed by atoms with van der Waals surface area (Å²) in [4.78, 5) is 16.2. The van der Waals surface area contributed by atoms with Gasteiger partial charge in [0.2, 0.25) is 0 Å². The van der Waals surface area contributed by atoms with E-state index in [2.05, 4.69) is 15.4 Å². The van der Waals surface area contributed by atoms with Gasteiger partial charge in [-0.15, -0.1) is 11.3 Å². The molecule has 2 heterocycles. The third-order valence-corrected chi connectivity index (χ3v) is 3.63. The van der Waals surface area contributed by atoms with Crippen molar-refractivity contribution in [2.24, 2.45) is 7.05 Å². The molecule has 7 heteroatoms. The van der Waals surface area contributed by atoms with Crippen LogP contribution in [0.3, 0.4) is 0 Å². The maximum Gasteiger partial charge on any atom is 0.271 e. The lowest BCUT2D eigenvalue weighted by Crippen LogP contribution is -2.37. The monoisotopic (exact) mass is 280 g/mol. The third-order valence-electron chi connectivity index (χ3n) is 2.74. The first-order chi connectivity index (χ1) is 9.13. The zero-order valence-corrected chi connectivity index (χ0v) is 11.6. The summed E-state index contributed by atoms with van der Waals surface area (Å²) in [6.45, 7) is 1.84. The number of aliphatic hydroxyl groups excluding tert-OH is 1. The number of nitrogens with one attached hydrogen (secondary N) is 1. The molecule has 0 saturated carbocycles. The lowest BCUT2D eigenvalue weighted by atomic mass is 10.2. The van der Waals surface area contributed by atoms with Crippen LogP contribution < -0.4 is 5.32 Å². The molecule has 0 aliphatic carbocycles. The molecule has 2 aromatic heterocycles. The van der Waals surface area contributed by atoms with Gasteiger partial charge in [0.15, 0.2) is 0 Å². The first-order valence-electron chi connectivity index (χ1n) is 6.00. The van der Waals surface area contributed by atoms with Gasteiger partial charge >= 0.3 is 0 Å². The minimum absolute atomic E-state index is 0.0676. The van der Waals surface area contributed by atoms with Gasteiger partial charge in [-0.2, -0.15) is 5.10 Å². The summed E-state index contributed by atoms with van der Waals surface area (Å²) < 4.78 is 1.69. The second-order valence-electron chi connectivity index (χ2n) is 4.20. The van der Waals surface area contributed by atoms with Crippen LogP contribution in [0, 0.1) is 0 Å². The number of aliphatic hydroxyl groups is 1. The highest BCUT2D eigenvalue weighted by molar-refractivity contribution is 7.13. The Morgan fingerprint density at radius 1 is 1.63 bits per heavy atom. The molecule has 0 aliphatic rings. The Hall–Kier alpha value is -1.73. The van der Waals surface area contributed by atoms with Crippen LogP contribution in [0.25, 0.3) is 10.6 Å². The molecule has 2 aromatic rings. The quantitative estimate of drug-likeness (QED) is 0.857. The maximum absolute atomic E-state index is 11.9. The molecule has 6 nitrogen and oxygen atoms in total. The first kappa shape index (κ1) is 13.7. The zero-order valence-electron chi connectivity index (χ0n) is 10.8. The van der Waals surface area contributed by atoms with Crippen molar-refractivity contribution in [2.75, 3.05) is 6.61 Å². The number of thiazole rings is 1. The standard InChI is InChI=1S/C12H16N4O2S/c1-3-9(6-17)14-11(18)10-7-19-12(15-10)8-4-13-16(2)5-8/h4-5,7,9,17H,3,6H2,1-2H3,(H,14,18). The molecule has 0 bridgehead atoms. The van der Waals surface area contributed by atoms with Crippen LogP contribution in [-0.2, 0) is 7.05 Å². The average Bonchev–Trinajstić information content (AvgIpc) is 3.04. The van der Waals surface area contributed by atoms with Crippen molar-refractivity contribution < 1.29 is 9.90 Å². The van der Waals surface area contributed by atoms with Gasteiger partial charge in [0, 0.05) is 24.2 Å². The van der Waals surface area contributed by atoms with Crippen LogP contribution in [0.4, 0.5) is 0 Å². The highest BCUT2D eigenvalue weighted by atomic mass is 32.1. The van der Waals surface area contributed by atoms with Gasteiger partial charge in [0.25, 0.3) is 5.91 Å². The van der Waals surface area contributed by atoms with E-state index < -0.39 is 0 Å². The number of carbonyl (C=O) groups excluding carboxylic acids is 1. The van der Waals surface area contributed by atoms with Crippen molar-refractivity contribution >= 4 is 17.2 Å². The van der Waals surface area contributed by atoms with Crippen LogP contribution >= 0.6 is 11.3 Å². The van der Waals surface area contributed by atoms with E-state index in [1.165, 1.54) is 11.3 Å². The minimum Gasteiger partial charge on any atom is -0.394 e. The summed E-state index contributed by atoms with van der Waals surface area (Å²) in [5, 5.41) is 18.3. The molecule has 0 radical (unpaired) electrons. The van der Waals surface area contributed by atoms with E-state index in [4.69, 9.17) is 5.11 Å². The van der Waals surface area contributed by atoms with Crippen molar-refractivity contribution in [1.82, 2.24) is 20.1 Å². The Balaban J connectivity index is 2.10. The summed E-state index contributed by atoms with van der Waals surface area (Å²) in [6, 6.07) is -0.226. The molecule has 102 valence electrons. The van der Waals surface area contributed by atoms with Gasteiger partial charge in [0.05, 0.1) is 18.8 Å². The predicted octanol–water partition coefficient (Wildman–Crippen LogP) is 1.04. The molecule has 1 amide bonds. The number of hydrogen-bond donors (Lipinski definition) is 2. The first-order valence-corrected chi connectivity index (χ1v) is 6.88. The number of hydrogen-bond acceptors (Lipinski definition) is 5. The van der Waals surface area contributed by atoms with Crippen molar-refractivity contribution in [1.29, 1.82) is 0 Å². The second kappa shape index (κ2) is 5.94. The molecule has 0 fully saturated rings. The van der Waals surface area contributed by atoms with Gasteiger partial charge in [-0.25, -0.2) is 4.98 Å². The van der Waals surface area contributed by atoms with E-state index in [1.54, 1.807) is 16.3 Å². The maximum atomic E-state index is 11.9. The van der Waals surface area contributed by atoms with Crippen LogP contribution in [0.1, 0.15) is 23.8 Å². The summed E-state index contributed by atoms with van der Waals surface area (Å²) in [7, 11) is 1.83. The largest absolute Gasteiger partial charge is 0.394 e. The summed E-state index contributed by atoms with van der Waals surface area (Å²) in [5.74, 6) is -0.257. The van der Waals surface area contributed by atoms with Gasteiger partial charge < -0.3 is 10.4 Å². The fraction of sp³-hybridized carbons (Fsp3) is 0.417. The van der Waals surface area contributed by atoms with Gasteiger partial charge in [-0.3, -0.25) is 9.48 Å². The van der Waals surface area contributed by atoms with Crippen molar-refractivity contribution in [2.45, 2.75) is 19.4 Å². The third kappa shape index (κ3) is 3.18. The van der Waals surface area contributed by atoms with E-state index in [-0.39, 0.29) is 18.6 Å². The van der Waals surface area contributed by atoms with Crippen molar-refractivity contribution in [3.63, 3.8) is 0 Å². The number of amides is 1. The Bertz CT molecular complexity index is 560. The van der Waals surface area contributed by atoms with E-state index in [1.807, 2.05) is 20.2 Å². The summed E-state index contributed by atoms with van der Waals surface area (Å²) >= 11 is 1.40. The average molecular weight is 280 g/mol. The van der Waals surface area contributed by atoms with Crippen LogP contribution in [0.5, 0.6) is 0 Å². The highest BCUT2D eigenvalue weighted by Gasteiger charge is 2.15. The van der Waals surface area contributed by atoms with Gasteiger partial charge in [-0.05, 0) is 6.42 Å². The Labute approximate surface area is 115 Å². The van der Waals surface area contributed by atoms with E-state index >= 15 is 0 Å². The Kier molecular flexibility index (Phi) is 4.28. The molecular weight excluding hydrogens is 264 g/mol. The fourth-order valence-corrected chi connectivity index (χ4v) is 2.35. The molecule has 0 aliphatic heterocycles. The zero-order chi connectivity index (χ0) is 13.8. The summed E-state index contributed by atoms with van der Waals surface area (Å²) in [5.41, 5.74) is 1.26. The number of rotatable bonds is 5. The highest BCUT2D eigenvalue weighted by Crippen LogP contribution is 2.22. The Morgan fingerprint density at radius 2 is 2.42 bits per heavy atom. The molecule has 0 aromatic carbocycles. The molecule has 0 saturated heterocycles. The SMILES string of the molecule is CCC(CO)NC(=O)c1csc(-c2cnn(C)c2)n1.